The molecule has 0 aliphatic heterocycles. The third-order valence-electron chi connectivity index (χ3n) is 2.33. The summed E-state index contributed by atoms with van der Waals surface area (Å²) in [5, 5.41) is 11.9. The lowest BCUT2D eigenvalue weighted by atomic mass is 10.1. The van der Waals surface area contributed by atoms with Crippen LogP contribution in [0.4, 0.5) is 0 Å². The Morgan fingerprint density at radius 3 is 2.89 bits per heavy atom. The first-order valence-corrected chi connectivity index (χ1v) is 5.57. The molecule has 0 fully saturated rings. The van der Waals surface area contributed by atoms with Gasteiger partial charge >= 0.3 is 0 Å². The van der Waals surface area contributed by atoms with E-state index < -0.39 is 0 Å². The Morgan fingerprint density at radius 1 is 1.50 bits per heavy atom. The lowest BCUT2D eigenvalue weighted by molar-refractivity contribution is 0.0988. The van der Waals surface area contributed by atoms with Gasteiger partial charge in [-0.15, -0.1) is 10.2 Å². The maximum atomic E-state index is 12.1. The van der Waals surface area contributed by atoms with Crippen LogP contribution >= 0.6 is 11.6 Å². The van der Waals surface area contributed by atoms with Crippen LogP contribution in [0.3, 0.4) is 0 Å². The van der Waals surface area contributed by atoms with Gasteiger partial charge in [-0.3, -0.25) is 4.79 Å². The van der Waals surface area contributed by atoms with E-state index in [1.807, 2.05) is 0 Å². The molecule has 0 radical (unpaired) electrons. The van der Waals surface area contributed by atoms with E-state index in [0.29, 0.717) is 22.2 Å². The smallest absolute Gasteiger partial charge is 0.182 e. The SMILES string of the molecule is COc1ccc(Cl)cc1C(=O)Cc1nnn(C)n1. The Morgan fingerprint density at radius 2 is 2.28 bits per heavy atom. The first-order valence-electron chi connectivity index (χ1n) is 5.20. The number of aryl methyl sites for hydroxylation is 1. The quantitative estimate of drug-likeness (QED) is 0.780. The molecule has 0 atom stereocenters. The fourth-order valence-electron chi connectivity index (χ4n) is 1.53. The van der Waals surface area contributed by atoms with Crippen molar-refractivity contribution < 1.29 is 9.53 Å². The number of nitrogens with zero attached hydrogens (tertiary/aromatic N) is 4. The number of hydrogen-bond acceptors (Lipinski definition) is 5. The van der Waals surface area contributed by atoms with Crippen molar-refractivity contribution in [2.75, 3.05) is 7.11 Å². The molecule has 6 nitrogen and oxygen atoms in total. The fraction of sp³-hybridized carbons (Fsp3) is 0.273. The molecule has 1 heterocycles. The highest BCUT2D eigenvalue weighted by Gasteiger charge is 2.15. The third kappa shape index (κ3) is 2.65. The maximum absolute atomic E-state index is 12.1. The minimum absolute atomic E-state index is 0.0601. The van der Waals surface area contributed by atoms with Crippen LogP contribution in [-0.4, -0.2) is 33.1 Å². The Balaban J connectivity index is 2.25. The van der Waals surface area contributed by atoms with Crippen LogP contribution in [0, 0.1) is 0 Å². The summed E-state index contributed by atoms with van der Waals surface area (Å²) in [6, 6.07) is 4.89. The minimum atomic E-state index is -0.164. The van der Waals surface area contributed by atoms with Crippen molar-refractivity contribution >= 4 is 17.4 Å². The second-order valence-corrected chi connectivity index (χ2v) is 4.08. The number of tetrazole rings is 1. The molecular weight excluding hydrogens is 256 g/mol. The van der Waals surface area contributed by atoms with Crippen LogP contribution in [0.5, 0.6) is 5.75 Å². The van der Waals surface area contributed by atoms with Gasteiger partial charge in [0.2, 0.25) is 0 Å². The molecule has 7 heteroatoms. The van der Waals surface area contributed by atoms with E-state index in [-0.39, 0.29) is 12.2 Å². The van der Waals surface area contributed by atoms with Crippen molar-refractivity contribution in [1.29, 1.82) is 0 Å². The second kappa shape index (κ2) is 5.14. The molecule has 0 spiro atoms. The van der Waals surface area contributed by atoms with Gasteiger partial charge in [-0.1, -0.05) is 11.6 Å². The minimum Gasteiger partial charge on any atom is -0.496 e. The van der Waals surface area contributed by atoms with Gasteiger partial charge in [-0.2, -0.15) is 4.80 Å². The second-order valence-electron chi connectivity index (χ2n) is 3.64. The zero-order valence-electron chi connectivity index (χ0n) is 9.92. The first kappa shape index (κ1) is 12.5. The monoisotopic (exact) mass is 266 g/mol. The molecule has 2 rings (SSSR count). The molecular formula is C11H11ClN4O2. The highest BCUT2D eigenvalue weighted by molar-refractivity contribution is 6.31. The van der Waals surface area contributed by atoms with E-state index in [0.717, 1.165) is 0 Å². The molecule has 0 N–H and O–H groups in total. The van der Waals surface area contributed by atoms with Gasteiger partial charge in [-0.05, 0) is 23.4 Å². The topological polar surface area (TPSA) is 69.9 Å². The summed E-state index contributed by atoms with van der Waals surface area (Å²) in [6.45, 7) is 0. The fourth-order valence-corrected chi connectivity index (χ4v) is 1.70. The summed E-state index contributed by atoms with van der Waals surface area (Å²) >= 11 is 5.87. The number of rotatable bonds is 4. The number of Topliss-reactive ketones (excluding diaryl/α,β-unsaturated/α-hetero) is 1. The highest BCUT2D eigenvalue weighted by Crippen LogP contribution is 2.23. The number of aromatic nitrogens is 4. The molecule has 0 aliphatic carbocycles. The zero-order chi connectivity index (χ0) is 13.1. The number of hydrogen-bond donors (Lipinski definition) is 0. The molecule has 0 saturated heterocycles. The largest absolute Gasteiger partial charge is 0.496 e. The number of methoxy groups -OCH3 is 1. The molecule has 94 valence electrons. The van der Waals surface area contributed by atoms with E-state index in [4.69, 9.17) is 16.3 Å². The lowest BCUT2D eigenvalue weighted by Crippen LogP contribution is -2.07. The van der Waals surface area contributed by atoms with Crippen molar-refractivity contribution in [2.24, 2.45) is 7.05 Å². The molecule has 0 unspecified atom stereocenters. The Kier molecular flexibility index (Phi) is 3.57. The Bertz CT molecular complexity index is 582. The van der Waals surface area contributed by atoms with Crippen molar-refractivity contribution in [2.45, 2.75) is 6.42 Å². The molecule has 0 bridgehead atoms. The van der Waals surface area contributed by atoms with E-state index in [2.05, 4.69) is 15.4 Å². The van der Waals surface area contributed by atoms with Crippen LogP contribution in [0.1, 0.15) is 16.2 Å². The summed E-state index contributed by atoms with van der Waals surface area (Å²) in [5.74, 6) is 0.681. The molecule has 2 aromatic rings. The van der Waals surface area contributed by atoms with Gasteiger partial charge in [-0.25, -0.2) is 0 Å². The van der Waals surface area contributed by atoms with E-state index in [1.165, 1.54) is 11.9 Å². The van der Waals surface area contributed by atoms with Gasteiger partial charge < -0.3 is 4.74 Å². The Labute approximate surface area is 109 Å². The van der Waals surface area contributed by atoms with E-state index in [9.17, 15) is 4.79 Å². The van der Waals surface area contributed by atoms with Gasteiger partial charge in [0.25, 0.3) is 0 Å². The zero-order valence-corrected chi connectivity index (χ0v) is 10.7. The van der Waals surface area contributed by atoms with Crippen molar-refractivity contribution in [1.82, 2.24) is 20.2 Å². The Hall–Kier alpha value is -1.95. The summed E-state index contributed by atoms with van der Waals surface area (Å²) in [6.07, 6.45) is 0.0601. The number of ether oxygens (including phenoxy) is 1. The van der Waals surface area contributed by atoms with Crippen molar-refractivity contribution in [3.8, 4) is 5.75 Å². The molecule has 1 aromatic heterocycles. The predicted octanol–water partition coefficient (Wildman–Crippen LogP) is 1.30. The van der Waals surface area contributed by atoms with E-state index >= 15 is 0 Å². The summed E-state index contributed by atoms with van der Waals surface area (Å²) in [4.78, 5) is 13.4. The van der Waals surface area contributed by atoms with Crippen molar-refractivity contribution in [3.05, 3.63) is 34.6 Å². The summed E-state index contributed by atoms with van der Waals surface area (Å²) in [7, 11) is 3.14. The highest BCUT2D eigenvalue weighted by atomic mass is 35.5. The van der Waals surface area contributed by atoms with E-state index in [1.54, 1.807) is 25.2 Å². The van der Waals surface area contributed by atoms with Crippen LogP contribution in [0.15, 0.2) is 18.2 Å². The average molecular weight is 267 g/mol. The maximum Gasteiger partial charge on any atom is 0.182 e. The van der Waals surface area contributed by atoms with Crippen LogP contribution in [0.25, 0.3) is 0 Å². The molecule has 0 amide bonds. The van der Waals surface area contributed by atoms with Gasteiger partial charge in [0, 0.05) is 5.02 Å². The van der Waals surface area contributed by atoms with Crippen LogP contribution < -0.4 is 4.74 Å². The number of benzene rings is 1. The molecule has 18 heavy (non-hydrogen) atoms. The van der Waals surface area contributed by atoms with Gasteiger partial charge in [0.05, 0.1) is 26.1 Å². The summed E-state index contributed by atoms with van der Waals surface area (Å²) in [5.41, 5.74) is 0.414. The van der Waals surface area contributed by atoms with Gasteiger partial charge in [0.15, 0.2) is 11.6 Å². The number of ketones is 1. The molecule has 0 aliphatic rings. The molecule has 1 aromatic carbocycles. The molecule has 0 saturated carbocycles. The van der Waals surface area contributed by atoms with Crippen LogP contribution in [-0.2, 0) is 13.5 Å². The predicted molar refractivity (Wildman–Crippen MR) is 64.8 cm³/mol. The normalized spacial score (nSPS) is 10.4. The third-order valence-corrected chi connectivity index (χ3v) is 2.57. The van der Waals surface area contributed by atoms with Gasteiger partial charge in [0.1, 0.15) is 5.75 Å². The standard InChI is InChI=1S/C11H11ClN4O2/c1-16-14-11(13-15-16)6-9(17)8-5-7(12)3-4-10(8)18-2/h3-5H,6H2,1-2H3. The van der Waals surface area contributed by atoms with Crippen LogP contribution in [0.2, 0.25) is 5.02 Å². The summed E-state index contributed by atoms with van der Waals surface area (Å²) < 4.78 is 5.12. The number of carbonyl (C=O) groups excluding carboxylic acids is 1. The van der Waals surface area contributed by atoms with Crippen molar-refractivity contribution in [3.63, 3.8) is 0 Å². The number of carbonyl (C=O) groups is 1. The average Bonchev–Trinajstić information content (AvgIpc) is 2.74. The number of halogens is 1. The first-order chi connectivity index (χ1) is 8.60. The lowest BCUT2D eigenvalue weighted by Gasteiger charge is -2.06.